The van der Waals surface area contributed by atoms with Crippen LogP contribution in [0.25, 0.3) is 0 Å². The Labute approximate surface area is 99.8 Å². The SMILES string of the molecule is CNSc1ccc(Oc2ccccc2)cc1. The van der Waals surface area contributed by atoms with Gasteiger partial charge in [0.15, 0.2) is 0 Å². The van der Waals surface area contributed by atoms with Crippen LogP contribution in [-0.4, -0.2) is 7.05 Å². The highest BCUT2D eigenvalue weighted by Gasteiger charge is 1.96. The predicted octanol–water partition coefficient (Wildman–Crippen LogP) is 3.71. The number of ether oxygens (including phenoxy) is 1. The summed E-state index contributed by atoms with van der Waals surface area (Å²) in [5.74, 6) is 1.71. The van der Waals surface area contributed by atoms with Crippen molar-refractivity contribution in [2.45, 2.75) is 4.90 Å². The van der Waals surface area contributed by atoms with Crippen LogP contribution >= 0.6 is 11.9 Å². The van der Waals surface area contributed by atoms with Crippen molar-refractivity contribution in [2.24, 2.45) is 0 Å². The van der Waals surface area contributed by atoms with Crippen molar-refractivity contribution >= 4 is 11.9 Å². The zero-order valence-electron chi connectivity index (χ0n) is 9.01. The highest BCUT2D eigenvalue weighted by atomic mass is 32.2. The Bertz CT molecular complexity index is 427. The van der Waals surface area contributed by atoms with Gasteiger partial charge >= 0.3 is 0 Å². The molecule has 0 aliphatic carbocycles. The molecule has 16 heavy (non-hydrogen) atoms. The van der Waals surface area contributed by atoms with Crippen LogP contribution in [0.2, 0.25) is 0 Å². The third kappa shape index (κ3) is 3.02. The maximum absolute atomic E-state index is 5.68. The van der Waals surface area contributed by atoms with Gasteiger partial charge in [-0.1, -0.05) is 18.2 Å². The van der Waals surface area contributed by atoms with Crippen molar-refractivity contribution in [2.75, 3.05) is 7.05 Å². The fourth-order valence-electron chi connectivity index (χ4n) is 1.32. The van der Waals surface area contributed by atoms with Crippen molar-refractivity contribution in [3.63, 3.8) is 0 Å². The molecule has 0 spiro atoms. The lowest BCUT2D eigenvalue weighted by Gasteiger charge is -2.05. The van der Waals surface area contributed by atoms with E-state index in [-0.39, 0.29) is 0 Å². The van der Waals surface area contributed by atoms with Crippen molar-refractivity contribution < 1.29 is 4.74 Å². The number of benzene rings is 2. The molecule has 1 N–H and O–H groups in total. The first-order valence-corrected chi connectivity index (χ1v) is 5.87. The molecule has 0 saturated heterocycles. The number of hydrogen-bond acceptors (Lipinski definition) is 3. The molecule has 0 amide bonds. The van der Waals surface area contributed by atoms with Gasteiger partial charge in [0, 0.05) is 4.90 Å². The molecule has 3 heteroatoms. The summed E-state index contributed by atoms with van der Waals surface area (Å²) < 4.78 is 8.71. The summed E-state index contributed by atoms with van der Waals surface area (Å²) in [5.41, 5.74) is 0. The molecule has 0 saturated carbocycles. The van der Waals surface area contributed by atoms with Crippen molar-refractivity contribution in [3.8, 4) is 11.5 Å². The Hall–Kier alpha value is -1.45. The molecular weight excluding hydrogens is 218 g/mol. The third-order valence-corrected chi connectivity index (χ3v) is 2.73. The van der Waals surface area contributed by atoms with Crippen LogP contribution in [0.4, 0.5) is 0 Å². The molecule has 0 aromatic heterocycles. The van der Waals surface area contributed by atoms with Gasteiger partial charge in [0.25, 0.3) is 0 Å². The maximum atomic E-state index is 5.68. The first-order chi connectivity index (χ1) is 7.88. The van der Waals surface area contributed by atoms with E-state index in [9.17, 15) is 0 Å². The van der Waals surface area contributed by atoms with Crippen molar-refractivity contribution in [3.05, 3.63) is 54.6 Å². The fourth-order valence-corrected chi connectivity index (χ4v) is 1.83. The molecule has 0 radical (unpaired) electrons. The van der Waals surface area contributed by atoms with Gasteiger partial charge in [-0.3, -0.25) is 4.72 Å². The lowest BCUT2D eigenvalue weighted by molar-refractivity contribution is 0.482. The molecule has 0 heterocycles. The second kappa shape index (κ2) is 5.58. The Morgan fingerprint density at radius 1 is 0.875 bits per heavy atom. The predicted molar refractivity (Wildman–Crippen MR) is 67.9 cm³/mol. The molecule has 0 unspecified atom stereocenters. The molecule has 0 atom stereocenters. The van der Waals surface area contributed by atoms with Gasteiger partial charge in [0.05, 0.1) is 0 Å². The Balaban J connectivity index is 2.05. The van der Waals surface area contributed by atoms with E-state index in [4.69, 9.17) is 4.74 Å². The quantitative estimate of drug-likeness (QED) is 0.811. The van der Waals surface area contributed by atoms with Crippen LogP contribution in [0, 0.1) is 0 Å². The second-order valence-corrected chi connectivity index (χ2v) is 4.28. The molecule has 0 aliphatic heterocycles. The lowest BCUT2D eigenvalue weighted by atomic mass is 10.3. The van der Waals surface area contributed by atoms with E-state index in [1.165, 1.54) is 4.90 Å². The zero-order chi connectivity index (χ0) is 11.2. The number of para-hydroxylation sites is 1. The minimum Gasteiger partial charge on any atom is -0.457 e. The van der Waals surface area contributed by atoms with Crippen LogP contribution in [-0.2, 0) is 0 Å². The smallest absolute Gasteiger partial charge is 0.127 e. The first-order valence-electron chi connectivity index (χ1n) is 5.05. The monoisotopic (exact) mass is 231 g/mol. The van der Waals surface area contributed by atoms with Crippen molar-refractivity contribution in [1.29, 1.82) is 0 Å². The zero-order valence-corrected chi connectivity index (χ0v) is 9.83. The Morgan fingerprint density at radius 3 is 2.12 bits per heavy atom. The molecule has 2 rings (SSSR count). The summed E-state index contributed by atoms with van der Waals surface area (Å²) in [4.78, 5) is 1.17. The minimum atomic E-state index is 0.853. The number of rotatable bonds is 4. The standard InChI is InChI=1S/C13H13NOS/c1-14-16-13-9-7-12(8-10-13)15-11-5-3-2-4-6-11/h2-10,14H,1H3. The van der Waals surface area contributed by atoms with Crippen LogP contribution < -0.4 is 9.46 Å². The third-order valence-electron chi connectivity index (χ3n) is 2.02. The summed E-state index contributed by atoms with van der Waals surface area (Å²) in [6, 6.07) is 17.8. The van der Waals surface area contributed by atoms with Crippen molar-refractivity contribution in [1.82, 2.24) is 4.72 Å². The van der Waals surface area contributed by atoms with Crippen LogP contribution in [0.3, 0.4) is 0 Å². The van der Waals surface area contributed by atoms with Gasteiger partial charge in [-0.15, -0.1) is 0 Å². The molecule has 0 bridgehead atoms. The highest BCUT2D eigenvalue weighted by Crippen LogP contribution is 2.23. The maximum Gasteiger partial charge on any atom is 0.127 e. The summed E-state index contributed by atoms with van der Waals surface area (Å²) >= 11 is 1.58. The van der Waals surface area contributed by atoms with Crippen LogP contribution in [0.15, 0.2) is 59.5 Å². The molecule has 2 aromatic carbocycles. The van der Waals surface area contributed by atoms with Crippen LogP contribution in [0.5, 0.6) is 11.5 Å². The number of hydrogen-bond donors (Lipinski definition) is 1. The Kier molecular flexibility index (Phi) is 3.86. The Morgan fingerprint density at radius 2 is 1.50 bits per heavy atom. The van der Waals surface area contributed by atoms with E-state index in [2.05, 4.69) is 4.72 Å². The normalized spacial score (nSPS) is 10.1. The minimum absolute atomic E-state index is 0.853. The molecule has 2 aromatic rings. The molecule has 82 valence electrons. The van der Waals surface area contributed by atoms with E-state index in [1.807, 2.05) is 61.6 Å². The fraction of sp³-hybridized carbons (Fsp3) is 0.0769. The average molecular weight is 231 g/mol. The topological polar surface area (TPSA) is 21.3 Å². The van der Waals surface area contributed by atoms with E-state index in [0.29, 0.717) is 0 Å². The van der Waals surface area contributed by atoms with Gasteiger partial charge in [-0.25, -0.2) is 0 Å². The summed E-state index contributed by atoms with van der Waals surface area (Å²) in [5, 5.41) is 0. The van der Waals surface area contributed by atoms with Gasteiger partial charge in [-0.05, 0) is 55.4 Å². The van der Waals surface area contributed by atoms with E-state index >= 15 is 0 Å². The molecular formula is C13H13NOS. The summed E-state index contributed by atoms with van der Waals surface area (Å²) in [6.07, 6.45) is 0. The lowest BCUT2D eigenvalue weighted by Crippen LogP contribution is -1.90. The highest BCUT2D eigenvalue weighted by molar-refractivity contribution is 7.97. The van der Waals surface area contributed by atoms with E-state index < -0.39 is 0 Å². The average Bonchev–Trinajstić information content (AvgIpc) is 2.33. The largest absolute Gasteiger partial charge is 0.457 e. The molecule has 2 nitrogen and oxygen atoms in total. The second-order valence-electron chi connectivity index (χ2n) is 3.19. The molecule has 0 fully saturated rings. The van der Waals surface area contributed by atoms with Gasteiger partial charge in [0.2, 0.25) is 0 Å². The summed E-state index contributed by atoms with van der Waals surface area (Å²) in [6.45, 7) is 0. The summed E-state index contributed by atoms with van der Waals surface area (Å²) in [7, 11) is 1.90. The van der Waals surface area contributed by atoms with Gasteiger partial charge in [-0.2, -0.15) is 0 Å². The van der Waals surface area contributed by atoms with Crippen LogP contribution in [0.1, 0.15) is 0 Å². The molecule has 0 aliphatic rings. The first kappa shape index (κ1) is 11.0. The number of nitrogens with one attached hydrogen (secondary N) is 1. The van der Waals surface area contributed by atoms with E-state index in [0.717, 1.165) is 11.5 Å². The van der Waals surface area contributed by atoms with E-state index in [1.54, 1.807) is 11.9 Å². The van der Waals surface area contributed by atoms with Gasteiger partial charge < -0.3 is 4.74 Å². The van der Waals surface area contributed by atoms with Gasteiger partial charge in [0.1, 0.15) is 11.5 Å².